The van der Waals surface area contributed by atoms with E-state index in [1.54, 1.807) is 31.4 Å². The molecule has 220 valence electrons. The highest BCUT2D eigenvalue weighted by molar-refractivity contribution is 7.92. The van der Waals surface area contributed by atoms with Crippen LogP contribution < -0.4 is 14.4 Å². The van der Waals surface area contributed by atoms with Crippen molar-refractivity contribution < 1.29 is 22.7 Å². The van der Waals surface area contributed by atoms with Crippen molar-refractivity contribution in [3.8, 4) is 5.75 Å². The van der Waals surface area contributed by atoms with Crippen LogP contribution in [-0.2, 0) is 32.6 Å². The van der Waals surface area contributed by atoms with Crippen LogP contribution in [0.15, 0.2) is 97.1 Å². The summed E-state index contributed by atoms with van der Waals surface area (Å²) in [5, 5.41) is 4.51. The van der Waals surface area contributed by atoms with E-state index in [1.807, 2.05) is 86.6 Å². The van der Waals surface area contributed by atoms with Crippen LogP contribution in [0.3, 0.4) is 0 Å². The number of nitrogens with one attached hydrogen (secondary N) is 1. The SMILES string of the molecule is COc1cccc(CN(C(=O)CN(c2cccc3ccccc23)S(C)(=O)=O)[C@@H](Cc2ccccc2)C(=O)NC(C)C)c1. The number of ether oxygens (including phenoxy) is 1. The molecule has 0 aromatic heterocycles. The molecule has 4 aromatic carbocycles. The van der Waals surface area contributed by atoms with E-state index in [4.69, 9.17) is 4.74 Å². The van der Waals surface area contributed by atoms with E-state index in [9.17, 15) is 18.0 Å². The molecule has 1 N–H and O–H groups in total. The minimum Gasteiger partial charge on any atom is -0.497 e. The van der Waals surface area contributed by atoms with Gasteiger partial charge in [0.25, 0.3) is 0 Å². The van der Waals surface area contributed by atoms with Gasteiger partial charge < -0.3 is 15.0 Å². The Labute approximate surface area is 248 Å². The summed E-state index contributed by atoms with van der Waals surface area (Å²) < 4.78 is 32.9. The first-order valence-corrected chi connectivity index (χ1v) is 15.6. The molecule has 0 aliphatic carbocycles. The topological polar surface area (TPSA) is 96.0 Å². The van der Waals surface area contributed by atoms with Gasteiger partial charge in [0, 0.05) is 24.4 Å². The van der Waals surface area contributed by atoms with Crippen molar-refractivity contribution in [2.45, 2.75) is 38.9 Å². The second-order valence-electron chi connectivity index (χ2n) is 10.5. The van der Waals surface area contributed by atoms with Gasteiger partial charge in [-0.3, -0.25) is 13.9 Å². The molecule has 0 aliphatic rings. The second kappa shape index (κ2) is 13.5. The summed E-state index contributed by atoms with van der Waals surface area (Å²) in [4.78, 5) is 29.5. The third kappa shape index (κ3) is 7.67. The number of sulfonamides is 1. The number of hydrogen-bond acceptors (Lipinski definition) is 5. The van der Waals surface area contributed by atoms with Crippen molar-refractivity contribution in [3.05, 3.63) is 108 Å². The number of carbonyl (C=O) groups is 2. The number of benzene rings is 4. The highest BCUT2D eigenvalue weighted by Crippen LogP contribution is 2.29. The summed E-state index contributed by atoms with van der Waals surface area (Å²) >= 11 is 0. The largest absolute Gasteiger partial charge is 0.497 e. The number of amides is 2. The summed E-state index contributed by atoms with van der Waals surface area (Å²) in [6, 6.07) is 28.4. The number of fused-ring (bicyclic) bond motifs is 1. The van der Waals surface area contributed by atoms with Crippen molar-refractivity contribution >= 4 is 38.3 Å². The molecule has 8 nitrogen and oxygen atoms in total. The number of hydrogen-bond donors (Lipinski definition) is 1. The van der Waals surface area contributed by atoms with Gasteiger partial charge >= 0.3 is 0 Å². The van der Waals surface area contributed by atoms with E-state index in [1.165, 1.54) is 4.90 Å². The molecule has 1 atom stereocenters. The number of anilines is 1. The van der Waals surface area contributed by atoms with Crippen LogP contribution in [-0.4, -0.2) is 57.1 Å². The minimum absolute atomic E-state index is 0.0756. The second-order valence-corrected chi connectivity index (χ2v) is 12.4. The highest BCUT2D eigenvalue weighted by Gasteiger charge is 2.33. The maximum absolute atomic E-state index is 14.3. The first-order chi connectivity index (χ1) is 20.1. The zero-order valence-corrected chi connectivity index (χ0v) is 25.2. The Morgan fingerprint density at radius 3 is 2.19 bits per heavy atom. The molecule has 2 amide bonds. The molecular formula is C33H37N3O5S. The molecule has 0 spiro atoms. The van der Waals surface area contributed by atoms with Gasteiger partial charge in [-0.1, -0.05) is 78.9 Å². The predicted molar refractivity (Wildman–Crippen MR) is 167 cm³/mol. The molecule has 0 saturated carbocycles. The molecule has 4 aromatic rings. The van der Waals surface area contributed by atoms with Crippen molar-refractivity contribution in [3.63, 3.8) is 0 Å². The molecule has 4 rings (SSSR count). The fourth-order valence-electron chi connectivity index (χ4n) is 4.92. The number of methoxy groups -OCH3 is 1. The summed E-state index contributed by atoms with van der Waals surface area (Å²) in [5.74, 6) is -0.211. The van der Waals surface area contributed by atoms with Gasteiger partial charge in [0.05, 0.1) is 19.1 Å². The molecule has 0 bridgehead atoms. The van der Waals surface area contributed by atoms with E-state index in [0.29, 0.717) is 16.8 Å². The highest BCUT2D eigenvalue weighted by atomic mass is 32.2. The van der Waals surface area contributed by atoms with Gasteiger partial charge in [-0.15, -0.1) is 0 Å². The van der Waals surface area contributed by atoms with Crippen molar-refractivity contribution in [1.82, 2.24) is 10.2 Å². The quantitative estimate of drug-likeness (QED) is 0.257. The number of carbonyl (C=O) groups excluding carboxylic acids is 2. The van der Waals surface area contributed by atoms with Crippen LogP contribution in [0.1, 0.15) is 25.0 Å². The maximum atomic E-state index is 14.3. The Balaban J connectivity index is 1.79. The maximum Gasteiger partial charge on any atom is 0.244 e. The van der Waals surface area contributed by atoms with E-state index in [-0.39, 0.29) is 24.9 Å². The first kappa shape index (κ1) is 30.6. The average molecular weight is 588 g/mol. The lowest BCUT2D eigenvalue weighted by Crippen LogP contribution is -2.54. The average Bonchev–Trinajstić information content (AvgIpc) is 2.97. The molecule has 0 aliphatic heterocycles. The zero-order valence-electron chi connectivity index (χ0n) is 24.4. The summed E-state index contributed by atoms with van der Waals surface area (Å²) in [5.41, 5.74) is 2.02. The Morgan fingerprint density at radius 1 is 0.857 bits per heavy atom. The fraction of sp³-hybridized carbons (Fsp3) is 0.273. The zero-order chi connectivity index (χ0) is 30.3. The van der Waals surface area contributed by atoms with Gasteiger partial charge in [-0.25, -0.2) is 8.42 Å². The van der Waals surface area contributed by atoms with E-state index < -0.39 is 28.5 Å². The Morgan fingerprint density at radius 2 is 1.50 bits per heavy atom. The summed E-state index contributed by atoms with van der Waals surface area (Å²) in [6.07, 6.45) is 1.34. The van der Waals surface area contributed by atoms with Crippen molar-refractivity contribution in [2.75, 3.05) is 24.2 Å². The van der Waals surface area contributed by atoms with Crippen LogP contribution in [0, 0.1) is 0 Å². The molecule has 0 unspecified atom stereocenters. The lowest BCUT2D eigenvalue weighted by molar-refractivity contribution is -0.140. The van der Waals surface area contributed by atoms with Crippen LogP contribution >= 0.6 is 0 Å². The third-order valence-corrected chi connectivity index (χ3v) is 8.03. The molecule has 0 radical (unpaired) electrons. The lowest BCUT2D eigenvalue weighted by Gasteiger charge is -2.34. The van der Waals surface area contributed by atoms with Gasteiger partial charge in [0.2, 0.25) is 21.8 Å². The molecule has 9 heteroatoms. The van der Waals surface area contributed by atoms with E-state index in [0.717, 1.165) is 27.1 Å². The molecule has 42 heavy (non-hydrogen) atoms. The van der Waals surface area contributed by atoms with Gasteiger partial charge in [0.15, 0.2) is 0 Å². The predicted octanol–water partition coefficient (Wildman–Crippen LogP) is 4.78. The van der Waals surface area contributed by atoms with Crippen molar-refractivity contribution in [2.24, 2.45) is 0 Å². The fourth-order valence-corrected chi connectivity index (χ4v) is 5.78. The molecule has 0 fully saturated rings. The van der Waals surface area contributed by atoms with Gasteiger partial charge in [-0.2, -0.15) is 0 Å². The van der Waals surface area contributed by atoms with Crippen molar-refractivity contribution in [1.29, 1.82) is 0 Å². The van der Waals surface area contributed by atoms with Crippen LogP contribution in [0.2, 0.25) is 0 Å². The number of nitrogens with zero attached hydrogens (tertiary/aromatic N) is 2. The van der Waals surface area contributed by atoms with E-state index in [2.05, 4.69) is 5.32 Å². The molecular weight excluding hydrogens is 550 g/mol. The van der Waals surface area contributed by atoms with E-state index >= 15 is 0 Å². The van der Waals surface area contributed by atoms with Crippen LogP contribution in [0.4, 0.5) is 5.69 Å². The Kier molecular flexibility index (Phi) is 9.85. The first-order valence-electron chi connectivity index (χ1n) is 13.8. The number of rotatable bonds is 12. The molecule has 0 saturated heterocycles. The third-order valence-electron chi connectivity index (χ3n) is 6.90. The van der Waals surface area contributed by atoms with Gasteiger partial charge in [0.1, 0.15) is 18.3 Å². The van der Waals surface area contributed by atoms with Crippen LogP contribution in [0.25, 0.3) is 10.8 Å². The normalized spacial score (nSPS) is 12.1. The summed E-state index contributed by atoms with van der Waals surface area (Å²) in [6.45, 7) is 3.32. The Bertz CT molecular complexity index is 1630. The molecule has 0 heterocycles. The smallest absolute Gasteiger partial charge is 0.244 e. The standard InChI is InChI=1S/C33H37N3O5S/c1-24(2)34-33(38)31(21-25-12-6-5-7-13-25)35(22-26-14-10-17-28(20-26)41-3)32(37)23-36(42(4,39)40)30-19-11-16-27-15-8-9-18-29(27)30/h5-20,24,31H,21-23H2,1-4H3,(H,34,38)/t31-/m0/s1. The monoisotopic (exact) mass is 587 g/mol. The lowest BCUT2D eigenvalue weighted by atomic mass is 10.0. The Hall–Kier alpha value is -4.37. The summed E-state index contributed by atoms with van der Waals surface area (Å²) in [7, 11) is -2.32. The van der Waals surface area contributed by atoms with Crippen LogP contribution in [0.5, 0.6) is 5.75 Å². The van der Waals surface area contributed by atoms with Gasteiger partial charge in [-0.05, 0) is 48.6 Å². The minimum atomic E-state index is -3.88.